The van der Waals surface area contributed by atoms with Gasteiger partial charge in [0.05, 0.1) is 18.5 Å². The topological polar surface area (TPSA) is 88.3 Å². The molecule has 1 aliphatic rings. The Labute approximate surface area is 156 Å². The fraction of sp³-hybridized carbons (Fsp3) is 0.444. The van der Waals surface area contributed by atoms with Gasteiger partial charge >= 0.3 is 0 Å². The molecule has 1 aromatic heterocycles. The van der Waals surface area contributed by atoms with Crippen molar-refractivity contribution in [1.82, 2.24) is 20.4 Å². The van der Waals surface area contributed by atoms with Crippen molar-refractivity contribution in [3.05, 3.63) is 46.6 Å². The second-order valence-corrected chi connectivity index (χ2v) is 6.71. The first-order valence-corrected chi connectivity index (χ1v) is 8.99. The largest absolute Gasteiger partial charge is 0.347 e. The Bertz CT molecular complexity index is 790. The Kier molecular flexibility index (Phi) is 5.56. The van der Waals surface area contributed by atoms with Crippen molar-refractivity contribution >= 4 is 23.4 Å². The van der Waals surface area contributed by atoms with E-state index in [0.29, 0.717) is 36.1 Å². The van der Waals surface area contributed by atoms with E-state index in [1.807, 2.05) is 19.1 Å². The molecule has 7 nitrogen and oxygen atoms in total. The highest BCUT2D eigenvalue weighted by Gasteiger charge is 2.39. The van der Waals surface area contributed by atoms with Gasteiger partial charge in [0.25, 0.3) is 0 Å². The minimum Gasteiger partial charge on any atom is -0.347 e. The van der Waals surface area contributed by atoms with Crippen molar-refractivity contribution in [3.8, 4) is 0 Å². The molecule has 1 aromatic carbocycles. The van der Waals surface area contributed by atoms with E-state index in [-0.39, 0.29) is 30.3 Å². The monoisotopic (exact) mass is 376 g/mol. The highest BCUT2D eigenvalue weighted by atomic mass is 35.5. The summed E-state index contributed by atoms with van der Waals surface area (Å²) in [6.07, 6.45) is 0.854. The molecule has 1 saturated heterocycles. The normalized spacial score (nSPS) is 20.3. The Morgan fingerprint density at radius 1 is 1.38 bits per heavy atom. The van der Waals surface area contributed by atoms with Gasteiger partial charge in [0.1, 0.15) is 0 Å². The summed E-state index contributed by atoms with van der Waals surface area (Å²) in [4.78, 5) is 31.0. The number of aryl methyl sites for hydroxylation is 1. The molecule has 8 heteroatoms. The number of likely N-dealkylation sites (tertiary alicyclic amines) is 1. The van der Waals surface area contributed by atoms with E-state index in [9.17, 15) is 9.59 Å². The first-order valence-electron chi connectivity index (χ1n) is 8.61. The van der Waals surface area contributed by atoms with Crippen LogP contribution in [0.3, 0.4) is 0 Å². The van der Waals surface area contributed by atoms with Gasteiger partial charge in [0, 0.05) is 18.0 Å². The van der Waals surface area contributed by atoms with Gasteiger partial charge in [-0.15, -0.1) is 0 Å². The standard InChI is InChI=1S/C18H21ClN4O3/c1-3-23-16(24)9-8-14(17(23)12-4-6-13(19)7-5-12)18(25)20-10-15-21-11(2)22-26-15/h4-7,14,17H,3,8-10H2,1-2H3,(H,20,25)/t14-,17+/m1/s1. The van der Waals surface area contributed by atoms with Gasteiger partial charge in [-0.1, -0.05) is 28.9 Å². The second kappa shape index (κ2) is 7.86. The zero-order valence-corrected chi connectivity index (χ0v) is 15.5. The number of carbonyl (C=O) groups excluding carboxylic acids is 2. The van der Waals surface area contributed by atoms with Crippen LogP contribution in [0.15, 0.2) is 28.8 Å². The fourth-order valence-electron chi connectivity index (χ4n) is 3.38. The van der Waals surface area contributed by atoms with Gasteiger partial charge in [0.2, 0.25) is 17.7 Å². The minimum atomic E-state index is -0.349. The van der Waals surface area contributed by atoms with Crippen LogP contribution in [-0.2, 0) is 16.1 Å². The zero-order valence-electron chi connectivity index (χ0n) is 14.7. The summed E-state index contributed by atoms with van der Waals surface area (Å²) < 4.78 is 5.03. The molecule has 0 spiro atoms. The molecule has 26 heavy (non-hydrogen) atoms. The van der Waals surface area contributed by atoms with Gasteiger partial charge in [-0.3, -0.25) is 9.59 Å². The van der Waals surface area contributed by atoms with Crippen LogP contribution in [0.5, 0.6) is 0 Å². The fourth-order valence-corrected chi connectivity index (χ4v) is 3.50. The van der Waals surface area contributed by atoms with E-state index in [1.165, 1.54) is 0 Å². The molecule has 2 amide bonds. The molecule has 0 saturated carbocycles. The Balaban J connectivity index is 1.80. The van der Waals surface area contributed by atoms with Gasteiger partial charge in [-0.2, -0.15) is 4.98 Å². The van der Waals surface area contributed by atoms with Crippen molar-refractivity contribution in [2.45, 2.75) is 39.3 Å². The van der Waals surface area contributed by atoms with Crippen molar-refractivity contribution in [3.63, 3.8) is 0 Å². The summed E-state index contributed by atoms with van der Waals surface area (Å²) in [5.41, 5.74) is 0.901. The number of nitrogens with zero attached hydrogens (tertiary/aromatic N) is 3. The Hall–Kier alpha value is -2.41. The van der Waals surface area contributed by atoms with Crippen LogP contribution >= 0.6 is 11.6 Å². The second-order valence-electron chi connectivity index (χ2n) is 6.27. The third kappa shape index (κ3) is 3.88. The Morgan fingerprint density at radius 3 is 2.73 bits per heavy atom. The molecule has 0 radical (unpaired) electrons. The Morgan fingerprint density at radius 2 is 2.12 bits per heavy atom. The first kappa shape index (κ1) is 18.4. The molecule has 0 bridgehead atoms. The zero-order chi connectivity index (χ0) is 18.7. The van der Waals surface area contributed by atoms with Gasteiger partial charge < -0.3 is 14.7 Å². The summed E-state index contributed by atoms with van der Waals surface area (Å²) in [5.74, 6) is 0.459. The molecular weight excluding hydrogens is 356 g/mol. The van der Waals surface area contributed by atoms with Crippen LogP contribution in [0.1, 0.15) is 43.1 Å². The maximum atomic E-state index is 12.8. The average Bonchev–Trinajstić information content (AvgIpc) is 3.05. The lowest BCUT2D eigenvalue weighted by Gasteiger charge is -2.40. The summed E-state index contributed by atoms with van der Waals surface area (Å²) in [7, 11) is 0. The van der Waals surface area contributed by atoms with Crippen LogP contribution < -0.4 is 5.32 Å². The third-order valence-electron chi connectivity index (χ3n) is 4.58. The predicted octanol–water partition coefficient (Wildman–Crippen LogP) is 2.65. The average molecular weight is 377 g/mol. The summed E-state index contributed by atoms with van der Waals surface area (Å²) >= 11 is 5.98. The number of amides is 2. The maximum absolute atomic E-state index is 12.8. The van der Waals surface area contributed by atoms with E-state index >= 15 is 0 Å². The summed E-state index contributed by atoms with van der Waals surface area (Å²) in [6, 6.07) is 6.98. The molecule has 3 rings (SSSR count). The lowest BCUT2D eigenvalue weighted by Crippen LogP contribution is -2.47. The van der Waals surface area contributed by atoms with Crippen molar-refractivity contribution in [1.29, 1.82) is 0 Å². The molecule has 1 aliphatic heterocycles. The number of hydrogen-bond acceptors (Lipinski definition) is 5. The van der Waals surface area contributed by atoms with Crippen molar-refractivity contribution in [2.24, 2.45) is 5.92 Å². The smallest absolute Gasteiger partial charge is 0.246 e. The highest BCUT2D eigenvalue weighted by molar-refractivity contribution is 6.30. The number of nitrogens with one attached hydrogen (secondary N) is 1. The molecule has 2 atom stereocenters. The molecule has 1 N–H and O–H groups in total. The molecule has 138 valence electrons. The van der Waals surface area contributed by atoms with Crippen LogP contribution in [0.4, 0.5) is 0 Å². The number of aromatic nitrogens is 2. The van der Waals surface area contributed by atoms with E-state index in [4.69, 9.17) is 16.1 Å². The third-order valence-corrected chi connectivity index (χ3v) is 4.83. The van der Waals surface area contributed by atoms with Crippen LogP contribution in [-0.4, -0.2) is 33.4 Å². The molecular formula is C18H21ClN4O3. The SMILES string of the molecule is CCN1C(=O)CC[C@@H](C(=O)NCc2nc(C)no2)[C@@H]1c1ccc(Cl)cc1. The van der Waals surface area contributed by atoms with E-state index in [0.717, 1.165) is 5.56 Å². The number of hydrogen-bond donors (Lipinski definition) is 1. The lowest BCUT2D eigenvalue weighted by molar-refractivity contribution is -0.143. The maximum Gasteiger partial charge on any atom is 0.246 e. The van der Waals surface area contributed by atoms with Gasteiger partial charge in [-0.25, -0.2) is 0 Å². The molecule has 1 fully saturated rings. The van der Waals surface area contributed by atoms with E-state index in [1.54, 1.807) is 24.0 Å². The molecule has 2 heterocycles. The number of piperidine rings is 1. The van der Waals surface area contributed by atoms with Crippen molar-refractivity contribution in [2.75, 3.05) is 6.54 Å². The van der Waals surface area contributed by atoms with E-state index < -0.39 is 0 Å². The highest BCUT2D eigenvalue weighted by Crippen LogP contribution is 2.37. The summed E-state index contributed by atoms with van der Waals surface area (Å²) in [5, 5.41) is 7.18. The molecule has 2 aromatic rings. The first-order chi connectivity index (χ1) is 12.5. The predicted molar refractivity (Wildman–Crippen MR) is 95.2 cm³/mol. The van der Waals surface area contributed by atoms with Crippen LogP contribution in [0.25, 0.3) is 0 Å². The van der Waals surface area contributed by atoms with Crippen LogP contribution in [0.2, 0.25) is 5.02 Å². The quantitative estimate of drug-likeness (QED) is 0.866. The molecule has 0 unspecified atom stereocenters. The molecule has 0 aliphatic carbocycles. The van der Waals surface area contributed by atoms with Crippen LogP contribution in [0, 0.1) is 12.8 Å². The number of halogens is 1. The number of benzene rings is 1. The summed E-state index contributed by atoms with van der Waals surface area (Å²) in [6.45, 7) is 4.35. The minimum absolute atomic E-state index is 0.0593. The van der Waals surface area contributed by atoms with Crippen molar-refractivity contribution < 1.29 is 14.1 Å². The van der Waals surface area contributed by atoms with Gasteiger partial charge in [0.15, 0.2) is 5.82 Å². The lowest BCUT2D eigenvalue weighted by atomic mass is 9.83. The number of rotatable bonds is 5. The van der Waals surface area contributed by atoms with Gasteiger partial charge in [-0.05, 0) is 38.0 Å². The van der Waals surface area contributed by atoms with E-state index in [2.05, 4.69) is 15.5 Å². The number of carbonyl (C=O) groups is 2.